The Hall–Kier alpha value is -2.08. The van der Waals surface area contributed by atoms with Gasteiger partial charge in [0, 0.05) is 44.0 Å². The summed E-state index contributed by atoms with van der Waals surface area (Å²) in [4.78, 5) is 18.3. The first-order chi connectivity index (χ1) is 11.7. The van der Waals surface area contributed by atoms with Gasteiger partial charge >= 0.3 is 6.09 Å². The molecule has 2 aromatic rings. The van der Waals surface area contributed by atoms with Crippen LogP contribution in [0, 0.1) is 0 Å². The molecule has 7 heteroatoms. The lowest BCUT2D eigenvalue weighted by atomic mass is 9.94. The Kier molecular flexibility index (Phi) is 4.73. The largest absolute Gasteiger partial charge is 0.444 e. The van der Waals surface area contributed by atoms with Crippen LogP contribution in [0.25, 0.3) is 11.3 Å². The van der Waals surface area contributed by atoms with E-state index in [1.807, 2.05) is 46.1 Å². The Balaban J connectivity index is 1.83. The highest BCUT2D eigenvalue weighted by Crippen LogP contribution is 2.35. The van der Waals surface area contributed by atoms with Crippen molar-refractivity contribution in [3.63, 3.8) is 0 Å². The molecule has 1 unspecified atom stereocenters. The maximum absolute atomic E-state index is 12.3. The second-order valence-electron chi connectivity index (χ2n) is 7.38. The van der Waals surface area contributed by atoms with Crippen molar-refractivity contribution in [1.82, 2.24) is 19.7 Å². The highest BCUT2D eigenvalue weighted by atomic mass is 35.5. The van der Waals surface area contributed by atoms with E-state index in [9.17, 15) is 4.79 Å². The third-order valence-corrected chi connectivity index (χ3v) is 4.38. The van der Waals surface area contributed by atoms with E-state index >= 15 is 0 Å². The molecular formula is C18H23ClN4O2. The summed E-state index contributed by atoms with van der Waals surface area (Å²) < 4.78 is 7.24. The van der Waals surface area contributed by atoms with Gasteiger partial charge in [-0.2, -0.15) is 5.10 Å². The van der Waals surface area contributed by atoms with Gasteiger partial charge in [-0.3, -0.25) is 4.68 Å². The van der Waals surface area contributed by atoms with Crippen LogP contribution in [0.3, 0.4) is 0 Å². The van der Waals surface area contributed by atoms with Crippen molar-refractivity contribution in [2.45, 2.75) is 38.7 Å². The molecule has 0 N–H and O–H groups in total. The van der Waals surface area contributed by atoms with Crippen LogP contribution < -0.4 is 0 Å². The minimum absolute atomic E-state index is 0.189. The maximum atomic E-state index is 12.3. The van der Waals surface area contributed by atoms with Crippen molar-refractivity contribution < 1.29 is 9.53 Å². The molecule has 1 fully saturated rings. The molecule has 0 spiro atoms. The summed E-state index contributed by atoms with van der Waals surface area (Å²) in [6.45, 7) is 6.91. The van der Waals surface area contributed by atoms with Gasteiger partial charge < -0.3 is 9.64 Å². The normalized spacial score (nSPS) is 17.8. The number of amides is 1. The number of nitrogens with zero attached hydrogens (tertiary/aromatic N) is 4. The lowest BCUT2D eigenvalue weighted by Gasteiger charge is -2.24. The zero-order valence-electron chi connectivity index (χ0n) is 15.0. The summed E-state index contributed by atoms with van der Waals surface area (Å²) in [5.41, 5.74) is 2.40. The van der Waals surface area contributed by atoms with Gasteiger partial charge in [-0.05, 0) is 44.9 Å². The molecule has 0 saturated carbocycles. The summed E-state index contributed by atoms with van der Waals surface area (Å²) in [5.74, 6) is 0.189. The van der Waals surface area contributed by atoms with Gasteiger partial charge in [0.25, 0.3) is 0 Å². The standard InChI is InChI=1S/C18H23ClN4O2/c1-18(2,3)25-17(24)23-8-5-12(11-23)14-10-20-16(19)9-13(14)15-6-7-22(4)21-15/h6-7,9-10,12H,5,8,11H2,1-4H3. The van der Waals surface area contributed by atoms with Crippen LogP contribution >= 0.6 is 11.6 Å². The fraction of sp³-hybridized carbons (Fsp3) is 0.500. The van der Waals surface area contributed by atoms with Crippen molar-refractivity contribution in [2.75, 3.05) is 13.1 Å². The fourth-order valence-corrected chi connectivity index (χ4v) is 3.21. The Morgan fingerprint density at radius 1 is 1.40 bits per heavy atom. The highest BCUT2D eigenvalue weighted by molar-refractivity contribution is 6.29. The van der Waals surface area contributed by atoms with Crippen molar-refractivity contribution in [3.8, 4) is 11.3 Å². The minimum atomic E-state index is -0.490. The molecule has 1 aliphatic rings. The number of aryl methyl sites for hydroxylation is 1. The van der Waals surface area contributed by atoms with E-state index < -0.39 is 5.60 Å². The second kappa shape index (κ2) is 6.67. The van der Waals surface area contributed by atoms with E-state index in [4.69, 9.17) is 16.3 Å². The van der Waals surface area contributed by atoms with E-state index in [1.54, 1.807) is 15.8 Å². The van der Waals surface area contributed by atoms with E-state index in [-0.39, 0.29) is 12.0 Å². The number of pyridine rings is 1. The van der Waals surface area contributed by atoms with E-state index in [0.29, 0.717) is 18.2 Å². The van der Waals surface area contributed by atoms with Gasteiger partial charge in [0.2, 0.25) is 0 Å². The maximum Gasteiger partial charge on any atom is 0.410 e. The third-order valence-electron chi connectivity index (χ3n) is 4.17. The molecule has 1 atom stereocenters. The van der Waals surface area contributed by atoms with Crippen LogP contribution in [0.1, 0.15) is 38.7 Å². The molecule has 0 radical (unpaired) electrons. The Morgan fingerprint density at radius 3 is 2.80 bits per heavy atom. The van der Waals surface area contributed by atoms with Crippen molar-refractivity contribution in [3.05, 3.63) is 35.2 Å². The summed E-state index contributed by atoms with van der Waals surface area (Å²) >= 11 is 6.10. The first kappa shape index (κ1) is 17.7. The van der Waals surface area contributed by atoms with Crippen molar-refractivity contribution in [1.29, 1.82) is 0 Å². The van der Waals surface area contributed by atoms with Gasteiger partial charge in [0.05, 0.1) is 5.69 Å². The quantitative estimate of drug-likeness (QED) is 0.761. The van der Waals surface area contributed by atoms with Crippen LogP contribution in [0.2, 0.25) is 5.15 Å². The number of hydrogen-bond donors (Lipinski definition) is 0. The van der Waals surface area contributed by atoms with Gasteiger partial charge in [-0.15, -0.1) is 0 Å². The Morgan fingerprint density at radius 2 is 2.16 bits per heavy atom. The molecule has 0 aromatic carbocycles. The number of ether oxygens (including phenoxy) is 1. The summed E-state index contributed by atoms with van der Waals surface area (Å²) in [7, 11) is 1.88. The van der Waals surface area contributed by atoms with Crippen molar-refractivity contribution in [2.24, 2.45) is 7.05 Å². The molecular weight excluding hydrogens is 340 g/mol. The monoisotopic (exact) mass is 362 g/mol. The van der Waals surface area contributed by atoms with Crippen LogP contribution in [-0.4, -0.2) is 44.4 Å². The third kappa shape index (κ3) is 4.12. The molecule has 2 aromatic heterocycles. The number of likely N-dealkylation sites (tertiary alicyclic amines) is 1. The number of carbonyl (C=O) groups excluding carboxylic acids is 1. The van der Waals surface area contributed by atoms with E-state index in [1.165, 1.54) is 0 Å². The average Bonchev–Trinajstić information content (AvgIpc) is 3.14. The van der Waals surface area contributed by atoms with Gasteiger partial charge in [-0.25, -0.2) is 9.78 Å². The van der Waals surface area contributed by atoms with E-state index in [2.05, 4.69) is 10.1 Å². The summed E-state index contributed by atoms with van der Waals surface area (Å²) in [6.07, 6.45) is 4.30. The minimum Gasteiger partial charge on any atom is -0.444 e. The van der Waals surface area contributed by atoms with Crippen LogP contribution in [-0.2, 0) is 11.8 Å². The second-order valence-corrected chi connectivity index (χ2v) is 7.77. The molecule has 3 heterocycles. The van der Waals surface area contributed by atoms with Crippen molar-refractivity contribution >= 4 is 17.7 Å². The SMILES string of the molecule is Cn1ccc(-c2cc(Cl)ncc2C2CCN(C(=O)OC(C)(C)C)C2)n1. The molecule has 0 bridgehead atoms. The number of aromatic nitrogens is 3. The lowest BCUT2D eigenvalue weighted by Crippen LogP contribution is -2.35. The zero-order chi connectivity index (χ0) is 18.2. The molecule has 1 aliphatic heterocycles. The molecule has 134 valence electrons. The van der Waals surface area contributed by atoms with Crippen LogP contribution in [0.15, 0.2) is 24.5 Å². The lowest BCUT2D eigenvalue weighted by molar-refractivity contribution is 0.0292. The summed E-state index contributed by atoms with van der Waals surface area (Å²) in [5, 5.41) is 4.92. The number of rotatable bonds is 2. The number of halogens is 1. The average molecular weight is 363 g/mol. The Bertz CT molecular complexity index is 782. The topological polar surface area (TPSA) is 60.2 Å². The molecule has 0 aliphatic carbocycles. The van der Waals surface area contributed by atoms with E-state index in [0.717, 1.165) is 23.2 Å². The fourth-order valence-electron chi connectivity index (χ4n) is 3.05. The predicted octanol–water partition coefficient (Wildman–Crippen LogP) is 3.86. The summed E-state index contributed by atoms with van der Waals surface area (Å²) in [6, 6.07) is 3.80. The first-order valence-corrected chi connectivity index (χ1v) is 8.74. The zero-order valence-corrected chi connectivity index (χ0v) is 15.7. The molecule has 1 amide bonds. The van der Waals surface area contributed by atoms with Crippen LogP contribution in [0.4, 0.5) is 4.79 Å². The molecule has 6 nitrogen and oxygen atoms in total. The van der Waals surface area contributed by atoms with Crippen LogP contribution in [0.5, 0.6) is 0 Å². The first-order valence-electron chi connectivity index (χ1n) is 8.36. The van der Waals surface area contributed by atoms with Gasteiger partial charge in [0.15, 0.2) is 0 Å². The smallest absolute Gasteiger partial charge is 0.410 e. The highest BCUT2D eigenvalue weighted by Gasteiger charge is 2.32. The Labute approximate surface area is 152 Å². The van der Waals surface area contributed by atoms with Gasteiger partial charge in [-0.1, -0.05) is 11.6 Å². The number of hydrogen-bond acceptors (Lipinski definition) is 4. The molecule has 25 heavy (non-hydrogen) atoms. The van der Waals surface area contributed by atoms with Gasteiger partial charge in [0.1, 0.15) is 10.8 Å². The molecule has 1 saturated heterocycles. The predicted molar refractivity (Wildman–Crippen MR) is 96.6 cm³/mol. The molecule has 3 rings (SSSR count). The number of carbonyl (C=O) groups is 1.